The number of nitrogens with one attached hydrogen (secondary N) is 2. The van der Waals surface area contributed by atoms with Crippen LogP contribution in [-0.2, 0) is 9.53 Å². The van der Waals surface area contributed by atoms with Crippen LogP contribution in [-0.4, -0.2) is 30.8 Å². The molecule has 0 aromatic heterocycles. The van der Waals surface area contributed by atoms with E-state index in [2.05, 4.69) is 10.6 Å². The molecule has 0 aliphatic carbocycles. The van der Waals surface area contributed by atoms with Gasteiger partial charge in [0.05, 0.1) is 19.8 Å². The quantitative estimate of drug-likeness (QED) is 0.653. The molecule has 3 unspecified atom stereocenters. The molecule has 1 aliphatic heterocycles. The summed E-state index contributed by atoms with van der Waals surface area (Å²) in [5, 5.41) is 6.80. The van der Waals surface area contributed by atoms with Crippen molar-refractivity contribution in [1.29, 1.82) is 0 Å². The number of hydrogen-bond donors (Lipinski definition) is 2. The lowest BCUT2D eigenvalue weighted by Crippen LogP contribution is -2.57. The molecule has 3 atom stereocenters. The summed E-state index contributed by atoms with van der Waals surface area (Å²) in [5.74, 6) is 0.203. The Morgan fingerprint density at radius 3 is 2.52 bits per heavy atom. The fraction of sp³-hybridized carbons (Fsp3) is 0.467. The average molecular weight is 308 g/mol. The maximum atomic E-state index is 12.3. The Labute approximate surface area is 130 Å². The van der Waals surface area contributed by atoms with E-state index >= 15 is 0 Å². The highest BCUT2D eigenvalue weighted by molar-refractivity contribution is 7.80. The Balaban J connectivity index is 2.29. The molecule has 0 spiro atoms. The van der Waals surface area contributed by atoms with Crippen molar-refractivity contribution in [3.63, 3.8) is 0 Å². The van der Waals surface area contributed by atoms with Crippen LogP contribution < -0.4 is 15.4 Å². The van der Waals surface area contributed by atoms with E-state index in [1.54, 1.807) is 14.0 Å². The Kier molecular flexibility index (Phi) is 5.01. The number of thiocarbonyl (C=S) groups is 1. The first-order valence-electron chi connectivity index (χ1n) is 6.94. The van der Waals surface area contributed by atoms with Gasteiger partial charge in [-0.1, -0.05) is 12.1 Å². The highest BCUT2D eigenvalue weighted by Gasteiger charge is 2.39. The molecule has 0 saturated carbocycles. The van der Waals surface area contributed by atoms with Gasteiger partial charge in [0.15, 0.2) is 5.11 Å². The van der Waals surface area contributed by atoms with Gasteiger partial charge in [-0.05, 0) is 43.8 Å². The zero-order valence-electron chi connectivity index (χ0n) is 12.4. The van der Waals surface area contributed by atoms with Gasteiger partial charge in [-0.2, -0.15) is 0 Å². The second-order valence-corrected chi connectivity index (χ2v) is 5.34. The predicted molar refractivity (Wildman–Crippen MR) is 84.2 cm³/mol. The second-order valence-electron chi connectivity index (χ2n) is 4.94. The van der Waals surface area contributed by atoms with Gasteiger partial charge in [0, 0.05) is 6.04 Å². The van der Waals surface area contributed by atoms with E-state index in [0.29, 0.717) is 11.7 Å². The van der Waals surface area contributed by atoms with Gasteiger partial charge in [0.1, 0.15) is 11.7 Å². The molecule has 0 bridgehead atoms. The zero-order valence-corrected chi connectivity index (χ0v) is 13.2. The van der Waals surface area contributed by atoms with E-state index in [4.69, 9.17) is 21.7 Å². The highest BCUT2D eigenvalue weighted by atomic mass is 32.1. The number of methoxy groups -OCH3 is 1. The van der Waals surface area contributed by atoms with Crippen LogP contribution in [0.1, 0.15) is 25.5 Å². The summed E-state index contributed by atoms with van der Waals surface area (Å²) in [5.41, 5.74) is 0.976. The van der Waals surface area contributed by atoms with Gasteiger partial charge >= 0.3 is 5.97 Å². The van der Waals surface area contributed by atoms with Gasteiger partial charge in [-0.15, -0.1) is 0 Å². The van der Waals surface area contributed by atoms with Gasteiger partial charge in [-0.25, -0.2) is 0 Å². The van der Waals surface area contributed by atoms with Crippen molar-refractivity contribution < 1.29 is 14.3 Å². The van der Waals surface area contributed by atoms with Crippen molar-refractivity contribution in [2.75, 3.05) is 13.7 Å². The third kappa shape index (κ3) is 3.44. The number of rotatable bonds is 4. The third-order valence-corrected chi connectivity index (χ3v) is 3.81. The van der Waals surface area contributed by atoms with E-state index < -0.39 is 0 Å². The molecule has 1 saturated heterocycles. The summed E-state index contributed by atoms with van der Waals surface area (Å²) in [6.45, 7) is 4.10. The normalized spacial score (nSPS) is 24.7. The Hall–Kier alpha value is -1.82. The Morgan fingerprint density at radius 1 is 1.29 bits per heavy atom. The van der Waals surface area contributed by atoms with Gasteiger partial charge in [0.2, 0.25) is 0 Å². The van der Waals surface area contributed by atoms with Gasteiger partial charge in [-0.3, -0.25) is 4.79 Å². The molecule has 1 aromatic carbocycles. The van der Waals surface area contributed by atoms with Crippen molar-refractivity contribution in [3.05, 3.63) is 29.8 Å². The van der Waals surface area contributed by atoms with Crippen LogP contribution in [0.4, 0.5) is 0 Å². The van der Waals surface area contributed by atoms with E-state index in [-0.39, 0.29) is 24.0 Å². The molecule has 1 aromatic rings. The molecule has 0 radical (unpaired) electrons. The number of carbonyl (C=O) groups excluding carboxylic acids is 1. The molecule has 1 fully saturated rings. The van der Waals surface area contributed by atoms with Crippen LogP contribution in [0.2, 0.25) is 0 Å². The van der Waals surface area contributed by atoms with Crippen molar-refractivity contribution in [2.45, 2.75) is 25.9 Å². The fourth-order valence-corrected chi connectivity index (χ4v) is 2.85. The first-order chi connectivity index (χ1) is 10.1. The average Bonchev–Trinajstić information content (AvgIpc) is 2.46. The van der Waals surface area contributed by atoms with E-state index in [0.717, 1.165) is 11.3 Å². The SMILES string of the molecule is CCOC(=O)C1C(C)NC(=S)NC1c1ccc(OC)cc1. The first kappa shape index (κ1) is 15.6. The Morgan fingerprint density at radius 2 is 1.95 bits per heavy atom. The van der Waals surface area contributed by atoms with Gasteiger partial charge in [0.25, 0.3) is 0 Å². The van der Waals surface area contributed by atoms with Crippen molar-refractivity contribution >= 4 is 23.3 Å². The summed E-state index contributed by atoms with van der Waals surface area (Å²) in [7, 11) is 1.62. The van der Waals surface area contributed by atoms with Crippen molar-refractivity contribution in [2.24, 2.45) is 5.92 Å². The predicted octanol–water partition coefficient (Wildman–Crippen LogP) is 1.78. The number of carbonyl (C=O) groups is 1. The van der Waals surface area contributed by atoms with Crippen molar-refractivity contribution in [1.82, 2.24) is 10.6 Å². The summed E-state index contributed by atoms with van der Waals surface area (Å²) >= 11 is 5.21. The highest BCUT2D eigenvalue weighted by Crippen LogP contribution is 2.30. The van der Waals surface area contributed by atoms with Crippen molar-refractivity contribution in [3.8, 4) is 5.75 Å². The topological polar surface area (TPSA) is 59.6 Å². The molecular weight excluding hydrogens is 288 g/mol. The molecule has 21 heavy (non-hydrogen) atoms. The summed E-state index contributed by atoms with van der Waals surface area (Å²) in [6, 6.07) is 7.31. The van der Waals surface area contributed by atoms with Gasteiger partial charge < -0.3 is 20.1 Å². The molecule has 1 heterocycles. The molecule has 0 amide bonds. The lowest BCUT2D eigenvalue weighted by Gasteiger charge is -2.37. The minimum absolute atomic E-state index is 0.0927. The summed E-state index contributed by atoms with van der Waals surface area (Å²) in [4.78, 5) is 12.3. The number of benzene rings is 1. The molecular formula is C15H20N2O3S. The van der Waals surface area contributed by atoms with Crippen LogP contribution in [0.15, 0.2) is 24.3 Å². The lowest BCUT2D eigenvalue weighted by molar-refractivity contribution is -0.150. The first-order valence-corrected chi connectivity index (χ1v) is 7.35. The number of hydrogen-bond acceptors (Lipinski definition) is 4. The lowest BCUT2D eigenvalue weighted by atomic mass is 9.86. The summed E-state index contributed by atoms with van der Waals surface area (Å²) < 4.78 is 10.4. The number of esters is 1. The smallest absolute Gasteiger partial charge is 0.313 e. The standard InChI is InChI=1S/C15H20N2O3S/c1-4-20-14(18)12-9(2)16-15(21)17-13(12)10-5-7-11(19-3)8-6-10/h5-9,12-13H,4H2,1-3H3,(H2,16,17,21). The summed E-state index contributed by atoms with van der Waals surface area (Å²) in [6.07, 6.45) is 0. The second kappa shape index (κ2) is 6.76. The van der Waals surface area contributed by atoms with E-state index in [1.807, 2.05) is 31.2 Å². The Bertz CT molecular complexity index is 518. The maximum Gasteiger partial charge on any atom is 0.313 e. The largest absolute Gasteiger partial charge is 0.497 e. The van der Waals surface area contributed by atoms with Crippen LogP contribution in [0.5, 0.6) is 5.75 Å². The molecule has 114 valence electrons. The maximum absolute atomic E-state index is 12.3. The van der Waals surface area contributed by atoms with E-state index in [9.17, 15) is 4.79 Å². The van der Waals surface area contributed by atoms with Crippen LogP contribution in [0.25, 0.3) is 0 Å². The van der Waals surface area contributed by atoms with E-state index in [1.165, 1.54) is 0 Å². The minimum Gasteiger partial charge on any atom is -0.497 e. The molecule has 1 aliphatic rings. The molecule has 5 nitrogen and oxygen atoms in total. The minimum atomic E-state index is -0.343. The van der Waals surface area contributed by atoms with Crippen LogP contribution in [0, 0.1) is 5.92 Å². The van der Waals surface area contributed by atoms with Crippen LogP contribution >= 0.6 is 12.2 Å². The fourth-order valence-electron chi connectivity index (χ4n) is 2.54. The third-order valence-electron chi connectivity index (χ3n) is 3.58. The number of ether oxygens (including phenoxy) is 2. The molecule has 2 rings (SSSR count). The monoisotopic (exact) mass is 308 g/mol. The molecule has 6 heteroatoms. The van der Waals surface area contributed by atoms with Crippen LogP contribution in [0.3, 0.4) is 0 Å². The molecule has 2 N–H and O–H groups in total. The zero-order chi connectivity index (χ0) is 15.4.